The van der Waals surface area contributed by atoms with Gasteiger partial charge in [-0.3, -0.25) is 0 Å². The van der Waals surface area contributed by atoms with Crippen LogP contribution in [-0.4, -0.2) is 54.2 Å². The Morgan fingerprint density at radius 2 is 1.86 bits per heavy atom. The molecule has 1 aromatic heterocycles. The van der Waals surface area contributed by atoms with Crippen molar-refractivity contribution in [1.29, 1.82) is 0 Å². The predicted octanol–water partition coefficient (Wildman–Crippen LogP) is 1.95. The van der Waals surface area contributed by atoms with Crippen molar-refractivity contribution in [2.75, 3.05) is 31.8 Å². The van der Waals surface area contributed by atoms with Gasteiger partial charge in [-0.15, -0.1) is 0 Å². The van der Waals surface area contributed by atoms with Crippen LogP contribution in [0.3, 0.4) is 0 Å². The molecular formula is C15H25N5O. The molecule has 1 aromatic rings. The van der Waals surface area contributed by atoms with E-state index in [1.54, 1.807) is 13.4 Å². The van der Waals surface area contributed by atoms with Crippen LogP contribution in [-0.2, 0) is 0 Å². The average Bonchev–Trinajstić information content (AvgIpc) is 2.48. The summed E-state index contributed by atoms with van der Waals surface area (Å²) in [7, 11) is 5.78. The number of anilines is 2. The number of nitrogens with one attached hydrogen (secondary N) is 2. The van der Waals surface area contributed by atoms with E-state index in [0.717, 1.165) is 11.6 Å². The van der Waals surface area contributed by atoms with Crippen molar-refractivity contribution in [2.45, 2.75) is 50.2 Å². The van der Waals surface area contributed by atoms with Gasteiger partial charge in [-0.1, -0.05) is 6.42 Å². The monoisotopic (exact) mass is 291 g/mol. The molecule has 6 nitrogen and oxygen atoms in total. The summed E-state index contributed by atoms with van der Waals surface area (Å²) < 4.78 is 5.46. The Bertz CT molecular complexity index is 481. The molecule has 2 aliphatic heterocycles. The Balaban J connectivity index is 1.75. The van der Waals surface area contributed by atoms with E-state index >= 15 is 0 Å². The third kappa shape index (κ3) is 2.77. The molecular weight excluding hydrogens is 266 g/mol. The zero-order valence-electron chi connectivity index (χ0n) is 13.1. The summed E-state index contributed by atoms with van der Waals surface area (Å²) in [5.74, 6) is 2.22. The van der Waals surface area contributed by atoms with Crippen molar-refractivity contribution in [3.05, 3.63) is 6.33 Å². The van der Waals surface area contributed by atoms with Crippen LogP contribution in [0.15, 0.2) is 6.33 Å². The van der Waals surface area contributed by atoms with Crippen LogP contribution in [0, 0.1) is 0 Å². The number of rotatable bonds is 4. The summed E-state index contributed by atoms with van der Waals surface area (Å²) in [5.41, 5.74) is 0. The number of nitrogens with zero attached hydrogens (tertiary/aromatic N) is 3. The second-order valence-electron chi connectivity index (χ2n) is 6.07. The quantitative estimate of drug-likeness (QED) is 0.884. The normalized spacial score (nSPS) is 29.0. The van der Waals surface area contributed by atoms with E-state index in [2.05, 4.69) is 32.5 Å². The molecule has 2 aliphatic rings. The fraction of sp³-hybridized carbons (Fsp3) is 0.733. The van der Waals surface area contributed by atoms with E-state index in [1.807, 2.05) is 7.05 Å². The minimum atomic E-state index is 0.463. The average molecular weight is 291 g/mol. The van der Waals surface area contributed by atoms with Gasteiger partial charge in [0.15, 0.2) is 11.6 Å². The third-order valence-electron chi connectivity index (χ3n) is 4.93. The van der Waals surface area contributed by atoms with Crippen molar-refractivity contribution in [3.63, 3.8) is 0 Å². The van der Waals surface area contributed by atoms with Crippen LogP contribution in [0.25, 0.3) is 0 Å². The summed E-state index contributed by atoms with van der Waals surface area (Å²) in [6.45, 7) is 0. The molecule has 3 rings (SSSR count). The first-order valence-corrected chi connectivity index (χ1v) is 7.78. The fourth-order valence-electron chi connectivity index (χ4n) is 3.78. The van der Waals surface area contributed by atoms with Gasteiger partial charge in [0.25, 0.3) is 0 Å². The number of ether oxygens (including phenoxy) is 1. The van der Waals surface area contributed by atoms with Crippen molar-refractivity contribution in [3.8, 4) is 5.75 Å². The highest BCUT2D eigenvalue weighted by Gasteiger charge is 2.36. The zero-order chi connectivity index (χ0) is 14.8. The van der Waals surface area contributed by atoms with Crippen LogP contribution < -0.4 is 15.4 Å². The molecule has 3 heterocycles. The molecule has 2 N–H and O–H groups in total. The van der Waals surface area contributed by atoms with E-state index < -0.39 is 0 Å². The predicted molar refractivity (Wildman–Crippen MR) is 84.0 cm³/mol. The Labute approximate surface area is 126 Å². The molecule has 2 atom stereocenters. The molecule has 2 bridgehead atoms. The van der Waals surface area contributed by atoms with Crippen LogP contribution >= 0.6 is 0 Å². The molecule has 0 saturated carbocycles. The Hall–Kier alpha value is -1.56. The van der Waals surface area contributed by atoms with Gasteiger partial charge in [0.2, 0.25) is 5.75 Å². The second kappa shape index (κ2) is 6.05. The smallest absolute Gasteiger partial charge is 0.204 e. The number of aromatic nitrogens is 2. The zero-order valence-corrected chi connectivity index (χ0v) is 13.1. The minimum absolute atomic E-state index is 0.463. The van der Waals surface area contributed by atoms with Crippen LogP contribution in [0.4, 0.5) is 11.6 Å². The first-order chi connectivity index (χ1) is 10.2. The van der Waals surface area contributed by atoms with E-state index in [0.29, 0.717) is 23.9 Å². The van der Waals surface area contributed by atoms with Crippen LogP contribution in [0.2, 0.25) is 0 Å². The van der Waals surface area contributed by atoms with E-state index in [4.69, 9.17) is 4.74 Å². The van der Waals surface area contributed by atoms with Crippen molar-refractivity contribution in [2.24, 2.45) is 0 Å². The molecule has 2 fully saturated rings. The number of piperidine rings is 2. The SMILES string of the molecule is CNc1ncnc(NC2CC3CCCC(C2)N3C)c1OC. The molecule has 21 heavy (non-hydrogen) atoms. The number of hydrogen-bond acceptors (Lipinski definition) is 6. The summed E-state index contributed by atoms with van der Waals surface area (Å²) >= 11 is 0. The van der Waals surface area contributed by atoms with Gasteiger partial charge in [0.05, 0.1) is 7.11 Å². The maximum Gasteiger partial charge on any atom is 0.204 e. The first-order valence-electron chi connectivity index (χ1n) is 7.78. The molecule has 2 saturated heterocycles. The molecule has 0 amide bonds. The molecule has 0 radical (unpaired) electrons. The van der Waals surface area contributed by atoms with Crippen LogP contribution in [0.5, 0.6) is 5.75 Å². The summed E-state index contributed by atoms with van der Waals surface area (Å²) in [6.07, 6.45) is 7.92. The second-order valence-corrected chi connectivity index (χ2v) is 6.07. The molecule has 6 heteroatoms. The standard InChI is InChI=1S/C15H25N5O/c1-16-14-13(21-3)15(18-9-17-14)19-10-7-11-5-4-6-12(8-10)20(11)2/h9-12H,4-8H2,1-3H3,(H2,16,17,18,19). The third-order valence-corrected chi connectivity index (χ3v) is 4.93. The van der Waals surface area contributed by atoms with Gasteiger partial charge < -0.3 is 20.3 Å². The minimum Gasteiger partial charge on any atom is -0.490 e. The molecule has 2 unspecified atom stereocenters. The van der Waals surface area contributed by atoms with Gasteiger partial charge in [-0.25, -0.2) is 9.97 Å². The van der Waals surface area contributed by atoms with Crippen LogP contribution in [0.1, 0.15) is 32.1 Å². The number of methoxy groups -OCH3 is 1. The van der Waals surface area contributed by atoms with Gasteiger partial charge in [-0.05, 0) is 32.7 Å². The Morgan fingerprint density at radius 1 is 1.19 bits per heavy atom. The topological polar surface area (TPSA) is 62.3 Å². The maximum absolute atomic E-state index is 5.46. The van der Waals surface area contributed by atoms with Gasteiger partial charge in [0.1, 0.15) is 6.33 Å². The lowest BCUT2D eigenvalue weighted by atomic mass is 9.82. The Kier molecular flexibility index (Phi) is 4.14. The van der Waals surface area contributed by atoms with Crippen molar-refractivity contribution >= 4 is 11.6 Å². The van der Waals surface area contributed by atoms with Gasteiger partial charge in [0, 0.05) is 25.2 Å². The lowest BCUT2D eigenvalue weighted by Crippen LogP contribution is -2.52. The largest absolute Gasteiger partial charge is 0.490 e. The summed E-state index contributed by atoms with van der Waals surface area (Å²) in [5, 5.41) is 6.63. The maximum atomic E-state index is 5.46. The van der Waals surface area contributed by atoms with E-state index in [-0.39, 0.29) is 0 Å². The number of hydrogen-bond donors (Lipinski definition) is 2. The lowest BCUT2D eigenvalue weighted by molar-refractivity contribution is 0.0607. The van der Waals surface area contributed by atoms with Gasteiger partial charge >= 0.3 is 0 Å². The van der Waals surface area contributed by atoms with Gasteiger partial charge in [-0.2, -0.15) is 0 Å². The van der Waals surface area contributed by atoms with E-state index in [9.17, 15) is 0 Å². The Morgan fingerprint density at radius 3 is 2.48 bits per heavy atom. The molecule has 116 valence electrons. The van der Waals surface area contributed by atoms with Crippen molar-refractivity contribution in [1.82, 2.24) is 14.9 Å². The molecule has 0 aliphatic carbocycles. The van der Waals surface area contributed by atoms with E-state index in [1.165, 1.54) is 32.1 Å². The highest BCUT2D eigenvalue weighted by Crippen LogP contribution is 2.36. The van der Waals surface area contributed by atoms with Crippen molar-refractivity contribution < 1.29 is 4.74 Å². The first kappa shape index (κ1) is 14.4. The highest BCUT2D eigenvalue weighted by molar-refractivity contribution is 5.63. The fourth-order valence-corrected chi connectivity index (χ4v) is 3.78. The number of fused-ring (bicyclic) bond motifs is 2. The molecule has 0 aromatic carbocycles. The summed E-state index contributed by atoms with van der Waals surface area (Å²) in [4.78, 5) is 11.1. The molecule has 0 spiro atoms. The lowest BCUT2D eigenvalue weighted by Gasteiger charge is -2.47. The highest BCUT2D eigenvalue weighted by atomic mass is 16.5. The summed E-state index contributed by atoms with van der Waals surface area (Å²) in [6, 6.07) is 1.86.